The summed E-state index contributed by atoms with van der Waals surface area (Å²) in [7, 11) is 0. The maximum atomic E-state index is 14.2. The SMILES string of the molecule is Cc1nc2ccc(F)c(F)c2n1CCCN1CC=C(c2ccc(Cl)cc2)CC1. The fraction of sp³-hybridized carbons (Fsp3) is 0.318. The zero-order valence-corrected chi connectivity index (χ0v) is 16.5. The van der Waals surface area contributed by atoms with Crippen LogP contribution in [0.5, 0.6) is 0 Å². The smallest absolute Gasteiger partial charge is 0.184 e. The second kappa shape index (κ2) is 8.02. The molecule has 0 unspecified atom stereocenters. The third-order valence-electron chi connectivity index (χ3n) is 5.35. The predicted molar refractivity (Wildman–Crippen MR) is 109 cm³/mol. The van der Waals surface area contributed by atoms with Crippen molar-refractivity contribution in [3.05, 3.63) is 70.5 Å². The van der Waals surface area contributed by atoms with Gasteiger partial charge in [-0.1, -0.05) is 29.8 Å². The minimum Gasteiger partial charge on any atom is -0.326 e. The standard InChI is InChI=1S/C22H22ClF2N3/c1-15-26-20-8-7-19(24)21(25)22(20)28(15)12-2-11-27-13-9-17(10-14-27)16-3-5-18(23)6-4-16/h3-9H,2,10-14H2,1H3. The summed E-state index contributed by atoms with van der Waals surface area (Å²) in [4.78, 5) is 6.73. The van der Waals surface area contributed by atoms with Crippen LogP contribution in [-0.4, -0.2) is 34.1 Å². The lowest BCUT2D eigenvalue weighted by molar-refractivity contribution is 0.291. The van der Waals surface area contributed by atoms with E-state index in [1.807, 2.05) is 19.1 Å². The van der Waals surface area contributed by atoms with Gasteiger partial charge in [-0.2, -0.15) is 0 Å². The van der Waals surface area contributed by atoms with Gasteiger partial charge in [0.15, 0.2) is 11.6 Å². The fourth-order valence-corrected chi connectivity index (χ4v) is 3.97. The normalized spacial score (nSPS) is 15.2. The molecule has 0 saturated carbocycles. The molecule has 0 N–H and O–H groups in total. The van der Waals surface area contributed by atoms with Crippen molar-refractivity contribution in [2.45, 2.75) is 26.3 Å². The molecule has 0 saturated heterocycles. The van der Waals surface area contributed by atoms with E-state index in [9.17, 15) is 8.78 Å². The first kappa shape index (κ1) is 19.1. The molecular formula is C22H22ClF2N3. The van der Waals surface area contributed by atoms with Gasteiger partial charge < -0.3 is 4.57 Å². The summed E-state index contributed by atoms with van der Waals surface area (Å²) in [5, 5.41) is 0.750. The van der Waals surface area contributed by atoms with Crippen LogP contribution in [0.4, 0.5) is 8.78 Å². The highest BCUT2D eigenvalue weighted by Crippen LogP contribution is 2.25. The zero-order valence-electron chi connectivity index (χ0n) is 15.8. The minimum absolute atomic E-state index is 0.265. The molecule has 0 radical (unpaired) electrons. The molecule has 2 aromatic carbocycles. The van der Waals surface area contributed by atoms with Crippen LogP contribution in [-0.2, 0) is 6.54 Å². The van der Waals surface area contributed by atoms with E-state index in [2.05, 4.69) is 28.1 Å². The van der Waals surface area contributed by atoms with Crippen molar-refractivity contribution in [1.82, 2.24) is 14.5 Å². The predicted octanol–water partition coefficient (Wildman–Crippen LogP) is 5.46. The van der Waals surface area contributed by atoms with Crippen LogP contribution in [0.2, 0.25) is 5.02 Å². The minimum atomic E-state index is -0.829. The zero-order chi connectivity index (χ0) is 19.7. The molecule has 3 aromatic rings. The Bertz CT molecular complexity index is 1020. The van der Waals surface area contributed by atoms with Gasteiger partial charge in [-0.15, -0.1) is 0 Å². The number of hydrogen-bond donors (Lipinski definition) is 0. The van der Waals surface area contributed by atoms with E-state index in [4.69, 9.17) is 11.6 Å². The summed E-state index contributed by atoms with van der Waals surface area (Å²) in [6.45, 7) is 5.23. The van der Waals surface area contributed by atoms with Gasteiger partial charge in [0.25, 0.3) is 0 Å². The van der Waals surface area contributed by atoms with E-state index in [1.165, 1.54) is 17.2 Å². The van der Waals surface area contributed by atoms with Gasteiger partial charge in [-0.05, 0) is 55.2 Å². The highest BCUT2D eigenvalue weighted by atomic mass is 35.5. The summed E-state index contributed by atoms with van der Waals surface area (Å²) in [5.41, 5.74) is 3.34. The van der Waals surface area contributed by atoms with E-state index >= 15 is 0 Å². The molecule has 6 heteroatoms. The summed E-state index contributed by atoms with van der Waals surface area (Å²) >= 11 is 5.96. The van der Waals surface area contributed by atoms with Gasteiger partial charge >= 0.3 is 0 Å². The lowest BCUT2D eigenvalue weighted by atomic mass is 9.99. The van der Waals surface area contributed by atoms with Gasteiger partial charge in [0.05, 0.1) is 5.52 Å². The van der Waals surface area contributed by atoms with E-state index in [-0.39, 0.29) is 5.52 Å². The molecule has 146 valence electrons. The van der Waals surface area contributed by atoms with Crippen LogP contribution in [0, 0.1) is 18.6 Å². The molecule has 3 nitrogen and oxygen atoms in total. The molecule has 0 spiro atoms. The monoisotopic (exact) mass is 401 g/mol. The van der Waals surface area contributed by atoms with E-state index in [0.717, 1.165) is 43.6 Å². The van der Waals surface area contributed by atoms with Crippen LogP contribution in [0.25, 0.3) is 16.6 Å². The molecule has 2 heterocycles. The van der Waals surface area contributed by atoms with Gasteiger partial charge in [0.2, 0.25) is 0 Å². The largest absolute Gasteiger partial charge is 0.326 e. The number of hydrogen-bond acceptors (Lipinski definition) is 2. The number of benzene rings is 2. The third kappa shape index (κ3) is 3.82. The van der Waals surface area contributed by atoms with Crippen molar-refractivity contribution < 1.29 is 8.78 Å². The maximum absolute atomic E-state index is 14.2. The molecule has 0 aliphatic carbocycles. The van der Waals surface area contributed by atoms with E-state index < -0.39 is 11.6 Å². The third-order valence-corrected chi connectivity index (χ3v) is 5.61. The highest BCUT2D eigenvalue weighted by molar-refractivity contribution is 6.30. The lowest BCUT2D eigenvalue weighted by Crippen LogP contribution is -2.30. The van der Waals surface area contributed by atoms with Crippen LogP contribution in [0.1, 0.15) is 24.2 Å². The van der Waals surface area contributed by atoms with E-state index in [1.54, 1.807) is 4.57 Å². The van der Waals surface area contributed by atoms with Crippen LogP contribution >= 0.6 is 11.6 Å². The molecule has 1 aliphatic heterocycles. The molecule has 1 aromatic heterocycles. The summed E-state index contributed by atoms with van der Waals surface area (Å²) in [6, 6.07) is 10.6. The number of imidazole rings is 1. The molecule has 1 aliphatic rings. The Morgan fingerprint density at radius 1 is 1.07 bits per heavy atom. The van der Waals surface area contributed by atoms with Crippen LogP contribution in [0.15, 0.2) is 42.5 Å². The van der Waals surface area contributed by atoms with Crippen LogP contribution in [0.3, 0.4) is 0 Å². The summed E-state index contributed by atoms with van der Waals surface area (Å²) in [5.74, 6) is -0.931. The topological polar surface area (TPSA) is 21.1 Å². The van der Waals surface area contributed by atoms with Crippen molar-refractivity contribution in [3.8, 4) is 0 Å². The number of nitrogens with zero attached hydrogens (tertiary/aromatic N) is 3. The fourth-order valence-electron chi connectivity index (χ4n) is 3.84. The summed E-state index contributed by atoms with van der Waals surface area (Å²) < 4.78 is 29.6. The number of halogens is 3. The molecule has 0 fully saturated rings. The van der Waals surface area contributed by atoms with Crippen molar-refractivity contribution in [2.75, 3.05) is 19.6 Å². The van der Waals surface area contributed by atoms with Crippen molar-refractivity contribution >= 4 is 28.2 Å². The molecule has 4 rings (SSSR count). The Balaban J connectivity index is 1.38. The first-order chi connectivity index (χ1) is 13.5. The molecule has 0 amide bonds. The Labute approximate surface area is 168 Å². The average molecular weight is 402 g/mol. The Hall–Kier alpha value is -2.24. The second-order valence-corrected chi connectivity index (χ2v) is 7.62. The highest BCUT2D eigenvalue weighted by Gasteiger charge is 2.16. The quantitative estimate of drug-likeness (QED) is 0.566. The van der Waals surface area contributed by atoms with Crippen molar-refractivity contribution in [1.29, 1.82) is 0 Å². The molecule has 0 atom stereocenters. The van der Waals surface area contributed by atoms with Gasteiger partial charge in [-0.3, -0.25) is 4.90 Å². The molecular weight excluding hydrogens is 380 g/mol. The Morgan fingerprint density at radius 2 is 1.86 bits per heavy atom. The number of fused-ring (bicyclic) bond motifs is 1. The Kier molecular flexibility index (Phi) is 5.47. The van der Waals surface area contributed by atoms with Gasteiger partial charge in [-0.25, -0.2) is 13.8 Å². The number of aryl methyl sites for hydroxylation is 2. The van der Waals surface area contributed by atoms with Crippen molar-refractivity contribution in [3.63, 3.8) is 0 Å². The number of rotatable bonds is 5. The molecule has 0 bridgehead atoms. The Morgan fingerprint density at radius 3 is 2.57 bits per heavy atom. The number of aromatic nitrogens is 2. The van der Waals surface area contributed by atoms with Crippen molar-refractivity contribution in [2.24, 2.45) is 0 Å². The summed E-state index contributed by atoms with van der Waals surface area (Å²) in [6.07, 6.45) is 4.11. The molecule has 28 heavy (non-hydrogen) atoms. The lowest BCUT2D eigenvalue weighted by Gasteiger charge is -2.26. The van der Waals surface area contributed by atoms with E-state index in [0.29, 0.717) is 17.9 Å². The second-order valence-electron chi connectivity index (χ2n) is 7.18. The average Bonchev–Trinajstić information content (AvgIpc) is 3.02. The van der Waals surface area contributed by atoms with Gasteiger partial charge in [0, 0.05) is 31.2 Å². The van der Waals surface area contributed by atoms with Crippen LogP contribution < -0.4 is 0 Å². The van der Waals surface area contributed by atoms with Gasteiger partial charge in [0.1, 0.15) is 11.3 Å². The first-order valence-corrected chi connectivity index (χ1v) is 9.89. The maximum Gasteiger partial charge on any atom is 0.184 e. The first-order valence-electron chi connectivity index (χ1n) is 9.51.